The highest BCUT2D eigenvalue weighted by molar-refractivity contribution is 7.93. The highest BCUT2D eigenvalue weighted by Crippen LogP contribution is 2.25. The Morgan fingerprint density at radius 2 is 1.56 bits per heavy atom. The molecule has 0 saturated carbocycles. The zero-order valence-electron chi connectivity index (χ0n) is 15.0. The molecule has 0 aliphatic carbocycles. The number of sulfonamides is 1. The van der Waals surface area contributed by atoms with Gasteiger partial charge in [-0.3, -0.25) is 4.79 Å². The quantitative estimate of drug-likeness (QED) is 0.733. The fraction of sp³-hybridized carbons (Fsp3) is 0.350. The van der Waals surface area contributed by atoms with E-state index in [1.54, 1.807) is 31.2 Å². The van der Waals surface area contributed by atoms with E-state index in [0.717, 1.165) is 34.7 Å². The van der Waals surface area contributed by atoms with Crippen LogP contribution in [0.15, 0.2) is 53.4 Å². The number of amides is 1. The van der Waals surface area contributed by atoms with E-state index in [4.69, 9.17) is 0 Å². The molecule has 2 aromatic carbocycles. The van der Waals surface area contributed by atoms with Gasteiger partial charge >= 0.3 is 0 Å². The van der Waals surface area contributed by atoms with E-state index in [9.17, 15) is 13.2 Å². The van der Waals surface area contributed by atoms with Crippen molar-refractivity contribution in [2.24, 2.45) is 0 Å². The van der Waals surface area contributed by atoms with Crippen LogP contribution in [0.1, 0.15) is 44.2 Å². The van der Waals surface area contributed by atoms with Crippen LogP contribution in [0.25, 0.3) is 0 Å². The van der Waals surface area contributed by atoms with Gasteiger partial charge < -0.3 is 0 Å². The molecule has 0 atom stereocenters. The average molecular weight is 359 g/mol. The van der Waals surface area contributed by atoms with E-state index in [0.29, 0.717) is 5.69 Å². The highest BCUT2D eigenvalue weighted by Gasteiger charge is 2.29. The van der Waals surface area contributed by atoms with Gasteiger partial charge in [-0.15, -0.1) is 0 Å². The molecule has 0 N–H and O–H groups in total. The Kier molecular flexibility index (Phi) is 6.37. The minimum Gasteiger partial charge on any atom is -0.273 e. The first-order valence-corrected chi connectivity index (χ1v) is 10.1. The van der Waals surface area contributed by atoms with Gasteiger partial charge in [0.15, 0.2) is 0 Å². The Labute approximate surface area is 150 Å². The number of anilines is 1. The van der Waals surface area contributed by atoms with E-state index < -0.39 is 15.9 Å². The van der Waals surface area contributed by atoms with Crippen molar-refractivity contribution in [3.05, 3.63) is 59.7 Å². The Balaban J connectivity index is 2.42. The molecule has 5 heteroatoms. The summed E-state index contributed by atoms with van der Waals surface area (Å²) in [6.07, 6.45) is 3.24. The predicted octanol–water partition coefficient (Wildman–Crippen LogP) is 4.47. The average Bonchev–Trinajstić information content (AvgIpc) is 2.61. The third-order valence-corrected chi connectivity index (χ3v) is 5.84. The molecule has 4 nitrogen and oxygen atoms in total. The molecular weight excluding hydrogens is 334 g/mol. The Hall–Kier alpha value is -2.14. The van der Waals surface area contributed by atoms with Crippen molar-refractivity contribution in [1.29, 1.82) is 0 Å². The van der Waals surface area contributed by atoms with Gasteiger partial charge in [-0.2, -0.15) is 0 Å². The van der Waals surface area contributed by atoms with Gasteiger partial charge in [-0.05, 0) is 49.6 Å². The van der Waals surface area contributed by atoms with Crippen LogP contribution in [0.3, 0.4) is 0 Å². The molecule has 0 unspecified atom stereocenters. The summed E-state index contributed by atoms with van der Waals surface area (Å²) in [4.78, 5) is 12.5. The molecule has 2 aromatic rings. The summed E-state index contributed by atoms with van der Waals surface area (Å²) in [6, 6.07) is 13.8. The van der Waals surface area contributed by atoms with Crippen molar-refractivity contribution in [3.63, 3.8) is 0 Å². The topological polar surface area (TPSA) is 54.5 Å². The first kappa shape index (κ1) is 19.2. The minimum atomic E-state index is -3.93. The van der Waals surface area contributed by atoms with Crippen LogP contribution < -0.4 is 4.31 Å². The first-order valence-electron chi connectivity index (χ1n) is 8.64. The molecule has 1 amide bonds. The molecular formula is C20H25NO3S. The minimum absolute atomic E-state index is 0.114. The maximum Gasteiger partial charge on any atom is 0.270 e. The van der Waals surface area contributed by atoms with Crippen molar-refractivity contribution < 1.29 is 13.2 Å². The van der Waals surface area contributed by atoms with Crippen LogP contribution in [0.5, 0.6) is 0 Å². The van der Waals surface area contributed by atoms with Crippen LogP contribution in [0.4, 0.5) is 5.69 Å². The molecule has 0 aromatic heterocycles. The summed E-state index contributed by atoms with van der Waals surface area (Å²) in [5.41, 5.74) is 2.49. The van der Waals surface area contributed by atoms with Crippen molar-refractivity contribution in [2.75, 3.05) is 4.31 Å². The van der Waals surface area contributed by atoms with Gasteiger partial charge in [0.1, 0.15) is 0 Å². The molecule has 2 rings (SSSR count). The summed E-state index contributed by atoms with van der Waals surface area (Å²) >= 11 is 0. The fourth-order valence-electron chi connectivity index (χ4n) is 2.55. The highest BCUT2D eigenvalue weighted by atomic mass is 32.2. The van der Waals surface area contributed by atoms with Crippen molar-refractivity contribution in [1.82, 2.24) is 0 Å². The molecule has 134 valence electrons. The van der Waals surface area contributed by atoms with Gasteiger partial charge in [0.25, 0.3) is 10.0 Å². The number of hydrogen-bond donors (Lipinski definition) is 0. The molecule has 25 heavy (non-hydrogen) atoms. The Bertz CT molecular complexity index is 809. The summed E-state index contributed by atoms with van der Waals surface area (Å²) in [6.45, 7) is 5.68. The lowest BCUT2D eigenvalue weighted by molar-refractivity contribution is -0.117. The zero-order chi connectivity index (χ0) is 18.4. The van der Waals surface area contributed by atoms with Gasteiger partial charge in [0, 0.05) is 6.42 Å². The third-order valence-electron chi connectivity index (χ3n) is 4.08. The SMILES string of the molecule is CCCCc1ccc(N(C(=O)CC)S(=O)(=O)c2ccc(C)cc2)cc1. The van der Waals surface area contributed by atoms with Crippen LogP contribution in [0, 0.1) is 6.92 Å². The largest absolute Gasteiger partial charge is 0.273 e. The molecule has 0 aliphatic heterocycles. The molecule has 0 heterocycles. The Morgan fingerprint density at radius 1 is 0.960 bits per heavy atom. The van der Waals surface area contributed by atoms with Crippen molar-refractivity contribution in [3.8, 4) is 0 Å². The lowest BCUT2D eigenvalue weighted by atomic mass is 10.1. The lowest BCUT2D eigenvalue weighted by Gasteiger charge is -2.22. The second kappa shape index (κ2) is 8.30. The Morgan fingerprint density at radius 3 is 2.08 bits per heavy atom. The lowest BCUT2D eigenvalue weighted by Crippen LogP contribution is -2.36. The molecule has 0 aliphatic rings. The van der Waals surface area contributed by atoms with Gasteiger partial charge in [-0.1, -0.05) is 50.1 Å². The number of aryl methyl sites for hydroxylation is 2. The summed E-state index contributed by atoms with van der Waals surface area (Å²) in [5, 5.41) is 0. The number of rotatable bonds is 7. The molecule has 0 fully saturated rings. The normalized spacial score (nSPS) is 11.3. The van der Waals surface area contributed by atoms with E-state index in [-0.39, 0.29) is 11.3 Å². The first-order chi connectivity index (χ1) is 11.9. The maximum absolute atomic E-state index is 13.0. The number of carbonyl (C=O) groups is 1. The fourth-order valence-corrected chi connectivity index (χ4v) is 4.04. The van der Waals surface area contributed by atoms with E-state index in [1.165, 1.54) is 12.1 Å². The molecule has 0 radical (unpaired) electrons. The number of hydrogen-bond acceptors (Lipinski definition) is 3. The summed E-state index contributed by atoms with van der Waals surface area (Å²) < 4.78 is 26.9. The molecule has 0 saturated heterocycles. The van der Waals surface area contributed by atoms with Gasteiger partial charge in [0.2, 0.25) is 5.91 Å². The summed E-state index contributed by atoms with van der Waals surface area (Å²) in [5.74, 6) is -0.443. The van der Waals surface area contributed by atoms with Crippen LogP contribution in [-0.4, -0.2) is 14.3 Å². The van der Waals surface area contributed by atoms with Crippen LogP contribution in [-0.2, 0) is 21.2 Å². The second-order valence-electron chi connectivity index (χ2n) is 6.10. The van der Waals surface area contributed by atoms with E-state index in [1.807, 2.05) is 19.1 Å². The smallest absolute Gasteiger partial charge is 0.270 e. The predicted molar refractivity (Wildman–Crippen MR) is 101 cm³/mol. The van der Waals surface area contributed by atoms with E-state index >= 15 is 0 Å². The van der Waals surface area contributed by atoms with Crippen LogP contribution in [0.2, 0.25) is 0 Å². The standard InChI is InChI=1S/C20H25NO3S/c1-4-6-7-17-10-12-18(13-11-17)21(20(22)5-2)25(23,24)19-14-8-16(3)9-15-19/h8-15H,4-7H2,1-3H3. The number of carbonyl (C=O) groups excluding carboxylic acids is 1. The maximum atomic E-state index is 13.0. The van der Waals surface area contributed by atoms with Crippen molar-refractivity contribution >= 4 is 21.6 Å². The van der Waals surface area contributed by atoms with Crippen LogP contribution >= 0.6 is 0 Å². The van der Waals surface area contributed by atoms with Gasteiger partial charge in [0.05, 0.1) is 10.6 Å². The van der Waals surface area contributed by atoms with Gasteiger partial charge in [-0.25, -0.2) is 12.7 Å². The number of nitrogens with zero attached hydrogens (tertiary/aromatic N) is 1. The second-order valence-corrected chi connectivity index (χ2v) is 7.89. The van der Waals surface area contributed by atoms with E-state index in [2.05, 4.69) is 6.92 Å². The monoisotopic (exact) mass is 359 g/mol. The third kappa shape index (κ3) is 4.48. The van der Waals surface area contributed by atoms with Crippen molar-refractivity contribution in [2.45, 2.75) is 51.3 Å². The number of benzene rings is 2. The molecule has 0 spiro atoms. The zero-order valence-corrected chi connectivity index (χ0v) is 15.8. The number of unbranched alkanes of at least 4 members (excludes halogenated alkanes) is 1. The molecule has 0 bridgehead atoms. The summed E-state index contributed by atoms with van der Waals surface area (Å²) in [7, 11) is -3.93.